The summed E-state index contributed by atoms with van der Waals surface area (Å²) in [5, 5.41) is 10.6. The van der Waals surface area contributed by atoms with Crippen LogP contribution in [0.4, 0.5) is 5.69 Å². The summed E-state index contributed by atoms with van der Waals surface area (Å²) in [6.07, 6.45) is 1.60. The minimum atomic E-state index is -3.82. The van der Waals surface area contributed by atoms with Gasteiger partial charge in [-0.3, -0.25) is 14.2 Å². The quantitative estimate of drug-likeness (QED) is 0.187. The first kappa shape index (κ1) is 25.6. The molecule has 3 N–H and O–H groups in total. The number of ether oxygens (including phenoxy) is 1. The van der Waals surface area contributed by atoms with Crippen LogP contribution in [-0.2, 0) is 21.4 Å². The van der Waals surface area contributed by atoms with Crippen LogP contribution in [0.25, 0.3) is 21.3 Å². The van der Waals surface area contributed by atoms with Gasteiger partial charge in [-0.2, -0.15) is 0 Å². The molecule has 186 valence electrons. The molecule has 2 heterocycles. The van der Waals surface area contributed by atoms with Crippen molar-refractivity contribution in [2.75, 3.05) is 18.2 Å². The van der Waals surface area contributed by atoms with Gasteiger partial charge in [-0.1, -0.05) is 30.0 Å². The summed E-state index contributed by atoms with van der Waals surface area (Å²) in [5.74, 6) is 0.369. The highest BCUT2D eigenvalue weighted by Gasteiger charge is 2.18. The van der Waals surface area contributed by atoms with Gasteiger partial charge in [0.25, 0.3) is 5.56 Å². The highest BCUT2D eigenvalue weighted by molar-refractivity contribution is 7.99. The van der Waals surface area contributed by atoms with E-state index < -0.39 is 10.0 Å². The number of nitrogens with zero attached hydrogens (tertiary/aromatic N) is 2. The average Bonchev–Trinajstić information content (AvgIpc) is 3.29. The average molecular weight is 543 g/mol. The van der Waals surface area contributed by atoms with Crippen molar-refractivity contribution < 1.29 is 17.9 Å². The molecule has 0 aliphatic carbocycles. The molecule has 0 saturated heterocycles. The van der Waals surface area contributed by atoms with Crippen LogP contribution >= 0.6 is 23.1 Å². The van der Waals surface area contributed by atoms with Crippen molar-refractivity contribution in [3.63, 3.8) is 0 Å². The van der Waals surface area contributed by atoms with Crippen LogP contribution in [0.3, 0.4) is 0 Å². The molecule has 0 aliphatic heterocycles. The number of thioether (sulfide) groups is 1. The topological polar surface area (TPSA) is 133 Å². The Balaban J connectivity index is 1.57. The third kappa shape index (κ3) is 5.51. The fourth-order valence-electron chi connectivity index (χ4n) is 3.44. The van der Waals surface area contributed by atoms with Crippen LogP contribution in [0.5, 0.6) is 5.75 Å². The minimum absolute atomic E-state index is 0.0112. The summed E-state index contributed by atoms with van der Waals surface area (Å²) in [5.41, 5.74) is 1.86. The maximum atomic E-state index is 13.5. The van der Waals surface area contributed by atoms with E-state index in [-0.39, 0.29) is 28.7 Å². The van der Waals surface area contributed by atoms with Crippen molar-refractivity contribution in [3.05, 3.63) is 76.9 Å². The van der Waals surface area contributed by atoms with Gasteiger partial charge in [0, 0.05) is 23.2 Å². The number of thiophene rings is 1. The van der Waals surface area contributed by atoms with E-state index in [1.165, 1.54) is 40.2 Å². The third-order valence-corrected chi connectivity index (χ3v) is 7.95. The van der Waals surface area contributed by atoms with Gasteiger partial charge in [0.2, 0.25) is 15.9 Å². The molecular formula is C24H22N4O5S3. The lowest BCUT2D eigenvalue weighted by Gasteiger charge is -2.11. The molecule has 0 fully saturated rings. The zero-order valence-electron chi connectivity index (χ0n) is 19.1. The lowest BCUT2D eigenvalue weighted by Crippen LogP contribution is -2.23. The Kier molecular flexibility index (Phi) is 7.59. The van der Waals surface area contributed by atoms with E-state index in [0.717, 1.165) is 28.6 Å². The van der Waals surface area contributed by atoms with Gasteiger partial charge in [-0.25, -0.2) is 18.5 Å². The molecule has 0 aliphatic rings. The van der Waals surface area contributed by atoms with Gasteiger partial charge >= 0.3 is 0 Å². The molecule has 0 atom stereocenters. The highest BCUT2D eigenvalue weighted by atomic mass is 32.2. The second-order valence-electron chi connectivity index (χ2n) is 7.56. The van der Waals surface area contributed by atoms with E-state index in [0.29, 0.717) is 21.1 Å². The van der Waals surface area contributed by atoms with Crippen LogP contribution in [-0.4, -0.2) is 36.7 Å². The zero-order valence-corrected chi connectivity index (χ0v) is 21.6. The Morgan fingerprint density at radius 2 is 1.92 bits per heavy atom. The second kappa shape index (κ2) is 10.7. The Labute approximate surface area is 215 Å². The predicted molar refractivity (Wildman–Crippen MR) is 143 cm³/mol. The SMILES string of the molecule is C=CCn1c(SCC(=O)Nc2ccc(S(N)(=O)=O)cc2)nc2scc(-c3ccc(OC)cc3)c2c1=O. The summed E-state index contributed by atoms with van der Waals surface area (Å²) in [6, 6.07) is 13.0. The number of methoxy groups -OCH3 is 1. The number of nitrogens with one attached hydrogen (secondary N) is 1. The molecule has 36 heavy (non-hydrogen) atoms. The lowest BCUT2D eigenvalue weighted by molar-refractivity contribution is -0.113. The summed E-state index contributed by atoms with van der Waals surface area (Å²) in [4.78, 5) is 31.1. The number of rotatable bonds is 9. The number of amides is 1. The Morgan fingerprint density at radius 3 is 2.53 bits per heavy atom. The third-order valence-electron chi connectivity index (χ3n) is 5.17. The standard InChI is InChI=1S/C24H22N4O5S3/c1-3-12-28-23(30)21-19(15-4-8-17(33-2)9-5-15)13-34-22(21)27-24(28)35-14-20(29)26-16-6-10-18(11-7-16)36(25,31)32/h3-11,13H,1,12,14H2,2H3,(H,26,29)(H2,25,31,32). The molecule has 12 heteroatoms. The number of primary sulfonamides is 1. The predicted octanol–water partition coefficient (Wildman–Crippen LogP) is 3.70. The Morgan fingerprint density at radius 1 is 1.22 bits per heavy atom. The van der Waals surface area contributed by atoms with E-state index in [1.54, 1.807) is 13.2 Å². The van der Waals surface area contributed by atoms with Crippen LogP contribution in [0.1, 0.15) is 0 Å². The largest absolute Gasteiger partial charge is 0.497 e. The van der Waals surface area contributed by atoms with Crippen molar-refractivity contribution >= 4 is 54.9 Å². The van der Waals surface area contributed by atoms with Crippen LogP contribution in [0, 0.1) is 0 Å². The van der Waals surface area contributed by atoms with Crippen LogP contribution in [0.15, 0.2) is 81.4 Å². The number of anilines is 1. The van der Waals surface area contributed by atoms with E-state index in [9.17, 15) is 18.0 Å². The molecule has 0 spiro atoms. The van der Waals surface area contributed by atoms with Crippen molar-refractivity contribution in [2.24, 2.45) is 5.14 Å². The number of sulfonamides is 1. The van der Waals surface area contributed by atoms with Gasteiger partial charge < -0.3 is 10.1 Å². The van der Waals surface area contributed by atoms with Crippen LogP contribution in [0.2, 0.25) is 0 Å². The fraction of sp³-hybridized carbons (Fsp3) is 0.125. The second-order valence-corrected chi connectivity index (χ2v) is 10.9. The number of hydrogen-bond donors (Lipinski definition) is 2. The summed E-state index contributed by atoms with van der Waals surface area (Å²) < 4.78 is 29.5. The van der Waals surface area contributed by atoms with Gasteiger partial charge in [-0.05, 0) is 42.0 Å². The number of nitrogens with two attached hydrogens (primary N) is 1. The summed E-state index contributed by atoms with van der Waals surface area (Å²) in [7, 11) is -2.22. The molecular weight excluding hydrogens is 520 g/mol. The number of allylic oxidation sites excluding steroid dienone is 1. The van der Waals surface area contributed by atoms with Gasteiger partial charge in [0.05, 0.1) is 23.1 Å². The molecule has 0 radical (unpaired) electrons. The molecule has 0 saturated carbocycles. The molecule has 1 amide bonds. The molecule has 9 nitrogen and oxygen atoms in total. The van der Waals surface area contributed by atoms with E-state index in [2.05, 4.69) is 16.9 Å². The smallest absolute Gasteiger partial charge is 0.263 e. The van der Waals surface area contributed by atoms with E-state index in [4.69, 9.17) is 9.88 Å². The molecule has 2 aromatic heterocycles. The molecule has 0 bridgehead atoms. The minimum Gasteiger partial charge on any atom is -0.497 e. The number of carbonyl (C=O) groups excluding carboxylic acids is 1. The first-order valence-electron chi connectivity index (χ1n) is 10.5. The molecule has 4 aromatic rings. The summed E-state index contributed by atoms with van der Waals surface area (Å²) >= 11 is 2.49. The van der Waals surface area contributed by atoms with E-state index >= 15 is 0 Å². The number of hydrogen-bond acceptors (Lipinski definition) is 8. The van der Waals surface area contributed by atoms with Gasteiger partial charge in [0.15, 0.2) is 5.16 Å². The number of benzene rings is 2. The number of aromatic nitrogens is 2. The number of fused-ring (bicyclic) bond motifs is 1. The van der Waals surface area contributed by atoms with Crippen molar-refractivity contribution in [2.45, 2.75) is 16.6 Å². The zero-order chi connectivity index (χ0) is 25.9. The first-order chi connectivity index (χ1) is 17.2. The Bertz CT molecular complexity index is 1590. The molecule has 0 unspecified atom stereocenters. The maximum absolute atomic E-state index is 13.5. The van der Waals surface area contributed by atoms with Crippen molar-refractivity contribution in [1.29, 1.82) is 0 Å². The fourth-order valence-corrected chi connectivity index (χ4v) is 5.76. The number of carbonyl (C=O) groups is 1. The normalized spacial score (nSPS) is 11.4. The lowest BCUT2D eigenvalue weighted by atomic mass is 10.1. The van der Waals surface area contributed by atoms with Gasteiger partial charge in [0.1, 0.15) is 10.6 Å². The van der Waals surface area contributed by atoms with E-state index in [1.807, 2.05) is 29.6 Å². The molecule has 4 rings (SSSR count). The molecule has 2 aromatic carbocycles. The van der Waals surface area contributed by atoms with Crippen molar-refractivity contribution in [1.82, 2.24) is 9.55 Å². The first-order valence-corrected chi connectivity index (χ1v) is 14.0. The maximum Gasteiger partial charge on any atom is 0.263 e. The van der Waals surface area contributed by atoms with Crippen molar-refractivity contribution in [3.8, 4) is 16.9 Å². The Hall–Kier alpha value is -3.45. The van der Waals surface area contributed by atoms with Crippen LogP contribution < -0.4 is 20.8 Å². The monoisotopic (exact) mass is 542 g/mol. The highest BCUT2D eigenvalue weighted by Crippen LogP contribution is 2.33. The van der Waals surface area contributed by atoms with Gasteiger partial charge in [-0.15, -0.1) is 17.9 Å². The summed E-state index contributed by atoms with van der Waals surface area (Å²) in [6.45, 7) is 3.98.